The highest BCUT2D eigenvalue weighted by atomic mass is 35.5. The average molecular weight is 279 g/mol. The van der Waals surface area contributed by atoms with Gasteiger partial charge in [-0.3, -0.25) is 0 Å². The lowest BCUT2D eigenvalue weighted by Gasteiger charge is -2.09. The largest absolute Gasteiger partial charge is 0.504 e. The maximum atomic E-state index is 10.8. The summed E-state index contributed by atoms with van der Waals surface area (Å²) < 4.78 is 5.42. The second kappa shape index (κ2) is 5.63. The summed E-state index contributed by atoms with van der Waals surface area (Å²) in [4.78, 5) is 10.8. The third-order valence-corrected chi connectivity index (χ3v) is 2.90. The van der Waals surface area contributed by atoms with E-state index >= 15 is 0 Å². The fourth-order valence-electron chi connectivity index (χ4n) is 1.53. The Bertz CT molecular complexity index is 610. The van der Waals surface area contributed by atoms with E-state index in [1.165, 1.54) is 18.2 Å². The van der Waals surface area contributed by atoms with Crippen LogP contribution in [-0.2, 0) is 6.61 Å². The molecule has 0 aromatic heterocycles. The van der Waals surface area contributed by atoms with Crippen molar-refractivity contribution < 1.29 is 19.7 Å². The van der Waals surface area contributed by atoms with E-state index in [0.29, 0.717) is 16.3 Å². The Morgan fingerprint density at radius 2 is 1.95 bits per heavy atom. The van der Waals surface area contributed by atoms with Crippen LogP contribution in [0.25, 0.3) is 0 Å². The van der Waals surface area contributed by atoms with Crippen molar-refractivity contribution in [2.75, 3.05) is 0 Å². The van der Waals surface area contributed by atoms with E-state index in [-0.39, 0.29) is 17.9 Å². The first-order valence-electron chi connectivity index (χ1n) is 5.50. The molecule has 5 heteroatoms. The van der Waals surface area contributed by atoms with Gasteiger partial charge in [0.05, 0.1) is 5.56 Å². The number of rotatable bonds is 4. The highest BCUT2D eigenvalue weighted by Crippen LogP contribution is 2.26. The van der Waals surface area contributed by atoms with E-state index in [4.69, 9.17) is 21.4 Å². The fourth-order valence-corrected chi connectivity index (χ4v) is 1.77. The minimum atomic E-state index is -1.03. The molecule has 0 unspecified atom stereocenters. The molecule has 0 spiro atoms. The Balaban J connectivity index is 2.12. The summed E-state index contributed by atoms with van der Waals surface area (Å²) in [7, 11) is 0. The van der Waals surface area contributed by atoms with Gasteiger partial charge >= 0.3 is 5.97 Å². The van der Waals surface area contributed by atoms with Crippen LogP contribution in [-0.4, -0.2) is 16.2 Å². The monoisotopic (exact) mass is 278 g/mol. The molecule has 0 bridgehead atoms. The topological polar surface area (TPSA) is 66.8 Å². The SMILES string of the molecule is O=C(O)c1ccc(COc2ccccc2O)c(Cl)c1. The van der Waals surface area contributed by atoms with Gasteiger partial charge in [0, 0.05) is 10.6 Å². The summed E-state index contributed by atoms with van der Waals surface area (Å²) in [6.45, 7) is 0.149. The van der Waals surface area contributed by atoms with Gasteiger partial charge in [-0.1, -0.05) is 29.8 Å². The number of hydrogen-bond donors (Lipinski definition) is 2. The molecule has 2 aromatic rings. The molecule has 0 saturated heterocycles. The molecular weight excluding hydrogens is 268 g/mol. The maximum Gasteiger partial charge on any atom is 0.335 e. The predicted octanol–water partition coefficient (Wildman–Crippen LogP) is 3.32. The number of phenolic OH excluding ortho intramolecular Hbond substituents is 1. The molecule has 98 valence electrons. The highest BCUT2D eigenvalue weighted by Gasteiger charge is 2.08. The zero-order valence-corrected chi connectivity index (χ0v) is 10.6. The molecule has 0 aliphatic rings. The van der Waals surface area contributed by atoms with Gasteiger partial charge in [-0.05, 0) is 24.3 Å². The van der Waals surface area contributed by atoms with Crippen LogP contribution in [0.15, 0.2) is 42.5 Å². The third kappa shape index (κ3) is 3.17. The van der Waals surface area contributed by atoms with Gasteiger partial charge in [-0.15, -0.1) is 0 Å². The number of benzene rings is 2. The molecule has 0 amide bonds. The first kappa shape index (κ1) is 13.2. The quantitative estimate of drug-likeness (QED) is 0.900. The van der Waals surface area contributed by atoms with Gasteiger partial charge in [0.1, 0.15) is 6.61 Å². The summed E-state index contributed by atoms with van der Waals surface area (Å²) in [5.74, 6) is -0.642. The van der Waals surface area contributed by atoms with Crippen LogP contribution in [0.4, 0.5) is 0 Å². The van der Waals surface area contributed by atoms with Crippen molar-refractivity contribution in [2.24, 2.45) is 0 Å². The standard InChI is InChI=1S/C14H11ClO4/c15-11-7-9(14(17)18)5-6-10(11)8-19-13-4-2-1-3-12(13)16/h1-7,16H,8H2,(H,17,18). The smallest absolute Gasteiger partial charge is 0.335 e. The van der Waals surface area contributed by atoms with E-state index in [0.717, 1.165) is 0 Å². The molecule has 0 atom stereocenters. The molecule has 0 heterocycles. The summed E-state index contributed by atoms with van der Waals surface area (Å²) in [5.41, 5.74) is 0.770. The van der Waals surface area contributed by atoms with Crippen LogP contribution in [0.2, 0.25) is 5.02 Å². The maximum absolute atomic E-state index is 10.8. The molecule has 19 heavy (non-hydrogen) atoms. The molecule has 2 N–H and O–H groups in total. The van der Waals surface area contributed by atoms with Crippen LogP contribution in [0.1, 0.15) is 15.9 Å². The van der Waals surface area contributed by atoms with Gasteiger partial charge in [0.25, 0.3) is 0 Å². The summed E-state index contributed by atoms with van der Waals surface area (Å²) in [6.07, 6.45) is 0. The number of hydrogen-bond acceptors (Lipinski definition) is 3. The van der Waals surface area contributed by atoms with Gasteiger partial charge in [0.2, 0.25) is 0 Å². The number of carbonyl (C=O) groups is 1. The minimum Gasteiger partial charge on any atom is -0.504 e. The number of aromatic carboxylic acids is 1. The summed E-state index contributed by atoms with van der Waals surface area (Å²) in [5, 5.41) is 18.7. The number of carboxylic acid groups (broad SMARTS) is 1. The Morgan fingerprint density at radius 3 is 2.58 bits per heavy atom. The van der Waals surface area contributed by atoms with E-state index in [2.05, 4.69) is 0 Å². The molecule has 2 rings (SSSR count). The van der Waals surface area contributed by atoms with Gasteiger partial charge in [0.15, 0.2) is 11.5 Å². The molecule has 0 aliphatic carbocycles. The van der Waals surface area contributed by atoms with Gasteiger partial charge in [-0.25, -0.2) is 4.79 Å². The third-order valence-electron chi connectivity index (χ3n) is 2.55. The Morgan fingerprint density at radius 1 is 1.21 bits per heavy atom. The molecule has 0 saturated carbocycles. The average Bonchev–Trinajstić information content (AvgIpc) is 2.39. The zero-order valence-electron chi connectivity index (χ0n) is 9.84. The number of aromatic hydroxyl groups is 1. The second-order valence-electron chi connectivity index (χ2n) is 3.87. The van der Waals surface area contributed by atoms with Crippen LogP contribution in [0.3, 0.4) is 0 Å². The van der Waals surface area contributed by atoms with Gasteiger partial charge in [-0.2, -0.15) is 0 Å². The van der Waals surface area contributed by atoms with Crippen LogP contribution >= 0.6 is 11.6 Å². The van der Waals surface area contributed by atoms with Crippen molar-refractivity contribution in [3.63, 3.8) is 0 Å². The predicted molar refractivity (Wildman–Crippen MR) is 70.9 cm³/mol. The van der Waals surface area contributed by atoms with Crippen molar-refractivity contribution in [2.45, 2.75) is 6.61 Å². The van der Waals surface area contributed by atoms with Crippen molar-refractivity contribution in [3.8, 4) is 11.5 Å². The number of phenols is 1. The lowest BCUT2D eigenvalue weighted by molar-refractivity contribution is 0.0697. The summed E-state index contributed by atoms with van der Waals surface area (Å²) in [6, 6.07) is 11.0. The fraction of sp³-hybridized carbons (Fsp3) is 0.0714. The van der Waals surface area contributed by atoms with Crippen LogP contribution in [0.5, 0.6) is 11.5 Å². The molecule has 0 aliphatic heterocycles. The molecule has 0 radical (unpaired) electrons. The van der Waals surface area contributed by atoms with E-state index in [1.54, 1.807) is 24.3 Å². The summed E-state index contributed by atoms with van der Waals surface area (Å²) >= 11 is 5.97. The molecular formula is C14H11ClO4. The number of para-hydroxylation sites is 2. The van der Waals surface area contributed by atoms with Crippen LogP contribution in [0, 0.1) is 0 Å². The van der Waals surface area contributed by atoms with Crippen LogP contribution < -0.4 is 4.74 Å². The number of ether oxygens (including phenoxy) is 1. The van der Waals surface area contributed by atoms with E-state index < -0.39 is 5.97 Å². The molecule has 2 aromatic carbocycles. The van der Waals surface area contributed by atoms with Crippen molar-refractivity contribution >= 4 is 17.6 Å². The Hall–Kier alpha value is -2.20. The van der Waals surface area contributed by atoms with Crippen molar-refractivity contribution in [1.29, 1.82) is 0 Å². The van der Waals surface area contributed by atoms with Crippen molar-refractivity contribution in [1.82, 2.24) is 0 Å². The lowest BCUT2D eigenvalue weighted by atomic mass is 10.1. The second-order valence-corrected chi connectivity index (χ2v) is 4.27. The first-order chi connectivity index (χ1) is 9.08. The van der Waals surface area contributed by atoms with Gasteiger partial charge < -0.3 is 14.9 Å². The molecule has 0 fully saturated rings. The normalized spacial score (nSPS) is 10.2. The first-order valence-corrected chi connectivity index (χ1v) is 5.88. The lowest BCUT2D eigenvalue weighted by Crippen LogP contribution is -2.00. The highest BCUT2D eigenvalue weighted by molar-refractivity contribution is 6.31. The van der Waals surface area contributed by atoms with E-state index in [1.807, 2.05) is 0 Å². The minimum absolute atomic E-state index is 0.0424. The number of carboxylic acids is 1. The number of halogens is 1. The Labute approximate surface area is 114 Å². The van der Waals surface area contributed by atoms with E-state index in [9.17, 15) is 9.90 Å². The van der Waals surface area contributed by atoms with Crippen molar-refractivity contribution in [3.05, 3.63) is 58.6 Å². The Kier molecular flexibility index (Phi) is 3.92. The molecule has 4 nitrogen and oxygen atoms in total. The zero-order chi connectivity index (χ0) is 13.8.